The number of aliphatic hydroxyl groups is 1. The molecule has 1 rings (SSSR count). The van der Waals surface area contributed by atoms with Gasteiger partial charge in [-0.1, -0.05) is 6.07 Å². The van der Waals surface area contributed by atoms with Gasteiger partial charge in [0.15, 0.2) is 0 Å². The molecule has 0 saturated heterocycles. The highest BCUT2D eigenvalue weighted by Gasteiger charge is 2.26. The Bertz CT molecular complexity index is 509. The molecular formula is C11H18N2O3S. The van der Waals surface area contributed by atoms with Crippen LogP contribution in [0.3, 0.4) is 0 Å². The van der Waals surface area contributed by atoms with E-state index < -0.39 is 15.6 Å². The Kier molecular flexibility index (Phi) is 3.81. The summed E-state index contributed by atoms with van der Waals surface area (Å²) >= 11 is 0. The van der Waals surface area contributed by atoms with Crippen LogP contribution in [-0.2, 0) is 10.0 Å². The highest BCUT2D eigenvalue weighted by Crippen LogP contribution is 2.20. The first-order valence-electron chi connectivity index (χ1n) is 5.19. The maximum atomic E-state index is 12.0. The van der Waals surface area contributed by atoms with Crippen molar-refractivity contribution in [3.8, 4) is 0 Å². The van der Waals surface area contributed by atoms with Crippen LogP contribution >= 0.6 is 0 Å². The third kappa shape index (κ3) is 3.42. The Morgan fingerprint density at radius 1 is 1.41 bits per heavy atom. The quantitative estimate of drug-likeness (QED) is 0.690. The second-order valence-electron chi connectivity index (χ2n) is 4.69. The second-order valence-corrected chi connectivity index (χ2v) is 6.34. The fourth-order valence-electron chi connectivity index (χ4n) is 1.36. The number of sulfonamides is 1. The van der Waals surface area contributed by atoms with Gasteiger partial charge in [-0.25, -0.2) is 13.1 Å². The summed E-state index contributed by atoms with van der Waals surface area (Å²) in [7, 11) is -3.71. The van der Waals surface area contributed by atoms with Crippen LogP contribution in [0.5, 0.6) is 0 Å². The van der Waals surface area contributed by atoms with E-state index in [9.17, 15) is 8.42 Å². The van der Waals surface area contributed by atoms with Crippen molar-refractivity contribution in [3.63, 3.8) is 0 Å². The van der Waals surface area contributed by atoms with Crippen LogP contribution in [0, 0.1) is 6.92 Å². The average molecular weight is 258 g/mol. The number of aryl methyl sites for hydroxylation is 1. The fraction of sp³-hybridized carbons (Fsp3) is 0.455. The smallest absolute Gasteiger partial charge is 0.243 e. The topological polar surface area (TPSA) is 92.4 Å². The van der Waals surface area contributed by atoms with E-state index in [1.54, 1.807) is 26.0 Å². The number of hydrogen-bond acceptors (Lipinski definition) is 4. The maximum absolute atomic E-state index is 12.0. The van der Waals surface area contributed by atoms with Crippen LogP contribution in [-0.4, -0.2) is 25.7 Å². The van der Waals surface area contributed by atoms with Crippen molar-refractivity contribution in [2.24, 2.45) is 0 Å². The minimum atomic E-state index is -3.71. The number of benzene rings is 1. The van der Waals surface area contributed by atoms with E-state index in [-0.39, 0.29) is 17.2 Å². The molecule has 0 spiro atoms. The van der Waals surface area contributed by atoms with Crippen molar-refractivity contribution in [1.29, 1.82) is 0 Å². The molecule has 6 heteroatoms. The van der Waals surface area contributed by atoms with Gasteiger partial charge in [-0.15, -0.1) is 0 Å². The Balaban J connectivity index is 3.14. The first-order chi connectivity index (χ1) is 7.68. The van der Waals surface area contributed by atoms with Gasteiger partial charge < -0.3 is 10.8 Å². The molecule has 0 bridgehead atoms. The largest absolute Gasteiger partial charge is 0.398 e. The van der Waals surface area contributed by atoms with Crippen LogP contribution < -0.4 is 10.5 Å². The van der Waals surface area contributed by atoms with Gasteiger partial charge in [0.2, 0.25) is 10.0 Å². The van der Waals surface area contributed by atoms with Crippen LogP contribution in [0.15, 0.2) is 23.1 Å². The number of nitrogen functional groups attached to an aromatic ring is 1. The monoisotopic (exact) mass is 258 g/mol. The molecule has 1 aromatic carbocycles. The van der Waals surface area contributed by atoms with Crippen molar-refractivity contribution >= 4 is 15.7 Å². The molecule has 4 N–H and O–H groups in total. The molecule has 0 aliphatic rings. The molecule has 5 nitrogen and oxygen atoms in total. The van der Waals surface area contributed by atoms with Crippen LogP contribution in [0.25, 0.3) is 0 Å². The minimum absolute atomic E-state index is 0.0321. The average Bonchev–Trinajstić information content (AvgIpc) is 2.15. The molecule has 17 heavy (non-hydrogen) atoms. The zero-order valence-electron chi connectivity index (χ0n) is 10.2. The lowest BCUT2D eigenvalue weighted by molar-refractivity contribution is 0.208. The Morgan fingerprint density at radius 3 is 2.47 bits per heavy atom. The van der Waals surface area contributed by atoms with Crippen molar-refractivity contribution in [2.75, 3.05) is 12.3 Å². The molecule has 0 radical (unpaired) electrons. The zero-order chi connectivity index (χ0) is 13.3. The van der Waals surface area contributed by atoms with Gasteiger partial charge in [-0.05, 0) is 38.5 Å². The van der Waals surface area contributed by atoms with E-state index >= 15 is 0 Å². The van der Waals surface area contributed by atoms with Crippen LogP contribution in [0.2, 0.25) is 0 Å². The maximum Gasteiger partial charge on any atom is 0.243 e. The summed E-state index contributed by atoms with van der Waals surface area (Å²) in [5.74, 6) is 0. The lowest BCUT2D eigenvalue weighted by Gasteiger charge is -2.23. The summed E-state index contributed by atoms with van der Waals surface area (Å²) in [6.45, 7) is 4.72. The zero-order valence-corrected chi connectivity index (χ0v) is 11.0. The predicted octanol–water partition coefficient (Wildman–Crippen LogP) is 0.626. The number of anilines is 1. The molecule has 0 heterocycles. The molecule has 96 valence electrons. The van der Waals surface area contributed by atoms with E-state index in [1.807, 2.05) is 6.92 Å². The lowest BCUT2D eigenvalue weighted by atomic mass is 10.1. The number of aliphatic hydroxyl groups excluding tert-OH is 1. The van der Waals surface area contributed by atoms with Gasteiger partial charge in [0, 0.05) is 0 Å². The number of hydrogen-bond donors (Lipinski definition) is 3. The molecule has 0 atom stereocenters. The summed E-state index contributed by atoms with van der Waals surface area (Å²) in [4.78, 5) is 0.0321. The van der Waals surface area contributed by atoms with Crippen LogP contribution in [0.1, 0.15) is 19.4 Å². The normalized spacial score (nSPS) is 12.7. The van der Waals surface area contributed by atoms with Crippen molar-refractivity contribution < 1.29 is 13.5 Å². The first-order valence-corrected chi connectivity index (χ1v) is 6.67. The summed E-state index contributed by atoms with van der Waals surface area (Å²) in [6.07, 6.45) is 0. The molecular weight excluding hydrogens is 240 g/mol. The first kappa shape index (κ1) is 14.0. The molecule has 0 saturated carbocycles. The van der Waals surface area contributed by atoms with Gasteiger partial charge in [-0.3, -0.25) is 0 Å². The minimum Gasteiger partial charge on any atom is -0.398 e. The third-order valence-electron chi connectivity index (χ3n) is 2.26. The summed E-state index contributed by atoms with van der Waals surface area (Å²) in [5.41, 5.74) is 5.86. The van der Waals surface area contributed by atoms with E-state index in [4.69, 9.17) is 10.8 Å². The van der Waals surface area contributed by atoms with Crippen molar-refractivity contribution in [3.05, 3.63) is 23.8 Å². The Morgan fingerprint density at radius 2 is 2.00 bits per heavy atom. The Labute approximate surface area is 102 Å². The molecule has 0 aliphatic heterocycles. The third-order valence-corrected chi connectivity index (χ3v) is 4.03. The molecule has 0 aromatic heterocycles. The fourth-order valence-corrected chi connectivity index (χ4v) is 2.88. The van der Waals surface area contributed by atoms with E-state index in [0.717, 1.165) is 5.56 Å². The van der Waals surface area contributed by atoms with E-state index in [0.29, 0.717) is 0 Å². The number of nitrogens with one attached hydrogen (secondary N) is 1. The molecule has 1 aromatic rings. The molecule has 0 amide bonds. The van der Waals surface area contributed by atoms with Gasteiger partial charge in [0.1, 0.15) is 4.90 Å². The van der Waals surface area contributed by atoms with Crippen molar-refractivity contribution in [2.45, 2.75) is 31.2 Å². The standard InChI is InChI=1S/C11H18N2O3S/c1-8-4-5-10(9(12)6-8)17(15,16)13-11(2,3)7-14/h4-6,13-14H,7,12H2,1-3H3. The van der Waals surface area contributed by atoms with Crippen molar-refractivity contribution in [1.82, 2.24) is 4.72 Å². The highest BCUT2D eigenvalue weighted by molar-refractivity contribution is 7.89. The lowest BCUT2D eigenvalue weighted by Crippen LogP contribution is -2.46. The van der Waals surface area contributed by atoms with Gasteiger partial charge in [-0.2, -0.15) is 0 Å². The second kappa shape index (κ2) is 4.64. The molecule has 0 fully saturated rings. The summed E-state index contributed by atoms with van der Waals surface area (Å²) < 4.78 is 26.5. The van der Waals surface area contributed by atoms with E-state index in [2.05, 4.69) is 4.72 Å². The van der Waals surface area contributed by atoms with E-state index in [1.165, 1.54) is 6.07 Å². The van der Waals surface area contributed by atoms with Gasteiger partial charge >= 0.3 is 0 Å². The Hall–Kier alpha value is -1.11. The number of nitrogens with two attached hydrogens (primary N) is 1. The number of rotatable bonds is 4. The summed E-state index contributed by atoms with van der Waals surface area (Å²) in [5, 5.41) is 9.06. The van der Waals surface area contributed by atoms with Crippen LogP contribution in [0.4, 0.5) is 5.69 Å². The molecule has 0 unspecified atom stereocenters. The predicted molar refractivity (Wildman–Crippen MR) is 67.1 cm³/mol. The SMILES string of the molecule is Cc1ccc(S(=O)(=O)NC(C)(C)CO)c(N)c1. The highest BCUT2D eigenvalue weighted by atomic mass is 32.2. The molecule has 0 aliphatic carbocycles. The van der Waals surface area contributed by atoms with Gasteiger partial charge in [0.25, 0.3) is 0 Å². The summed E-state index contributed by atoms with van der Waals surface area (Å²) in [6, 6.07) is 4.73. The van der Waals surface area contributed by atoms with Gasteiger partial charge in [0.05, 0.1) is 17.8 Å².